The van der Waals surface area contributed by atoms with Crippen molar-refractivity contribution in [2.24, 2.45) is 0 Å². The number of aromatic nitrogens is 4. The molecule has 0 aliphatic heterocycles. The monoisotopic (exact) mass is 247 g/mol. The van der Waals surface area contributed by atoms with E-state index in [-0.39, 0.29) is 0 Å². The summed E-state index contributed by atoms with van der Waals surface area (Å²) in [5.41, 5.74) is 0. The molecular formula is C12H17N5O. The molecule has 0 bridgehead atoms. The van der Waals surface area contributed by atoms with Crippen molar-refractivity contribution in [3.8, 4) is 11.6 Å². The molecule has 2 heterocycles. The Hall–Kier alpha value is -2.11. The highest BCUT2D eigenvalue weighted by Crippen LogP contribution is 2.12. The molecule has 0 aliphatic carbocycles. The van der Waals surface area contributed by atoms with Crippen LogP contribution in [0.3, 0.4) is 0 Å². The maximum absolute atomic E-state index is 5.36. The van der Waals surface area contributed by atoms with Crippen molar-refractivity contribution in [3.05, 3.63) is 24.8 Å². The lowest BCUT2D eigenvalue weighted by atomic mass is 10.5. The molecule has 0 atom stereocenters. The lowest BCUT2D eigenvalue weighted by Crippen LogP contribution is -2.06. The Morgan fingerprint density at radius 3 is 2.94 bits per heavy atom. The van der Waals surface area contributed by atoms with Crippen LogP contribution in [0.2, 0.25) is 0 Å². The Bertz CT molecular complexity index is 497. The molecule has 0 radical (unpaired) electrons. The summed E-state index contributed by atoms with van der Waals surface area (Å²) in [6.07, 6.45) is 7.86. The summed E-state index contributed by atoms with van der Waals surface area (Å²) in [5, 5.41) is 7.38. The quantitative estimate of drug-likeness (QED) is 0.844. The van der Waals surface area contributed by atoms with Crippen molar-refractivity contribution in [3.63, 3.8) is 0 Å². The average molecular weight is 247 g/mol. The highest BCUT2D eigenvalue weighted by molar-refractivity contribution is 5.36. The van der Waals surface area contributed by atoms with Crippen LogP contribution in [0.1, 0.15) is 20.3 Å². The largest absolute Gasteiger partial charge is 0.491 e. The van der Waals surface area contributed by atoms with E-state index in [2.05, 4.69) is 27.3 Å². The van der Waals surface area contributed by atoms with E-state index in [0.717, 1.165) is 24.5 Å². The Morgan fingerprint density at radius 1 is 1.28 bits per heavy atom. The summed E-state index contributed by atoms with van der Waals surface area (Å²) in [6.45, 7) is 5.54. The van der Waals surface area contributed by atoms with Gasteiger partial charge in [-0.05, 0) is 13.3 Å². The molecule has 2 aromatic rings. The number of anilines is 1. The molecule has 0 amide bonds. The molecular weight excluding hydrogens is 230 g/mol. The van der Waals surface area contributed by atoms with Crippen molar-refractivity contribution in [1.82, 2.24) is 19.7 Å². The smallest absolute Gasteiger partial charge is 0.174 e. The van der Waals surface area contributed by atoms with E-state index in [0.29, 0.717) is 12.4 Å². The van der Waals surface area contributed by atoms with Crippen LogP contribution in [-0.2, 0) is 0 Å². The number of hydrogen-bond donors (Lipinski definition) is 1. The molecule has 0 spiro atoms. The third-order valence-corrected chi connectivity index (χ3v) is 2.28. The Balaban J connectivity index is 2.15. The molecule has 0 aromatic carbocycles. The van der Waals surface area contributed by atoms with Crippen LogP contribution < -0.4 is 10.1 Å². The van der Waals surface area contributed by atoms with Crippen molar-refractivity contribution in [2.75, 3.05) is 18.5 Å². The minimum atomic E-state index is 0.621. The number of nitrogens with zero attached hydrogens (tertiary/aromatic N) is 4. The van der Waals surface area contributed by atoms with Gasteiger partial charge in [-0.1, -0.05) is 6.92 Å². The van der Waals surface area contributed by atoms with Gasteiger partial charge in [0.25, 0.3) is 0 Å². The minimum Gasteiger partial charge on any atom is -0.491 e. The molecule has 0 aliphatic rings. The second kappa shape index (κ2) is 6.00. The molecule has 6 nitrogen and oxygen atoms in total. The average Bonchev–Trinajstić information content (AvgIpc) is 2.86. The summed E-state index contributed by atoms with van der Waals surface area (Å²) >= 11 is 0. The van der Waals surface area contributed by atoms with E-state index in [4.69, 9.17) is 4.74 Å². The van der Waals surface area contributed by atoms with Gasteiger partial charge in [0.15, 0.2) is 11.6 Å². The fourth-order valence-electron chi connectivity index (χ4n) is 1.48. The van der Waals surface area contributed by atoms with Crippen LogP contribution in [0.5, 0.6) is 5.75 Å². The van der Waals surface area contributed by atoms with Crippen LogP contribution in [-0.4, -0.2) is 32.9 Å². The van der Waals surface area contributed by atoms with E-state index in [1.807, 2.05) is 6.92 Å². The highest BCUT2D eigenvalue weighted by atomic mass is 16.5. The summed E-state index contributed by atoms with van der Waals surface area (Å²) in [6, 6.07) is 0. The standard InChI is InChI=1S/C12H17N5O/c1-3-5-14-11-7-13-8-12(16-11)17-9-10(6-15-17)18-4-2/h6-9H,3-5H2,1-2H3,(H,14,16). The van der Waals surface area contributed by atoms with Crippen LogP contribution in [0.25, 0.3) is 5.82 Å². The first-order chi connectivity index (χ1) is 8.83. The summed E-state index contributed by atoms with van der Waals surface area (Å²) in [5.74, 6) is 2.15. The van der Waals surface area contributed by atoms with Crippen LogP contribution >= 0.6 is 0 Å². The van der Waals surface area contributed by atoms with Crippen molar-refractivity contribution < 1.29 is 4.74 Å². The summed E-state index contributed by atoms with van der Waals surface area (Å²) in [7, 11) is 0. The molecule has 0 fully saturated rings. The number of rotatable bonds is 6. The number of nitrogens with one attached hydrogen (secondary N) is 1. The van der Waals surface area contributed by atoms with Crippen molar-refractivity contribution in [2.45, 2.75) is 20.3 Å². The predicted octanol–water partition coefficient (Wildman–Crippen LogP) is 1.88. The first kappa shape index (κ1) is 12.3. The van der Waals surface area contributed by atoms with Crippen LogP contribution in [0.15, 0.2) is 24.8 Å². The lowest BCUT2D eigenvalue weighted by Gasteiger charge is -2.05. The molecule has 2 rings (SSSR count). The molecule has 2 aromatic heterocycles. The van der Waals surface area contributed by atoms with E-state index >= 15 is 0 Å². The first-order valence-corrected chi connectivity index (χ1v) is 6.07. The fourth-order valence-corrected chi connectivity index (χ4v) is 1.48. The molecule has 18 heavy (non-hydrogen) atoms. The fraction of sp³-hybridized carbons (Fsp3) is 0.417. The van der Waals surface area contributed by atoms with E-state index < -0.39 is 0 Å². The zero-order valence-corrected chi connectivity index (χ0v) is 10.6. The molecule has 1 N–H and O–H groups in total. The van der Waals surface area contributed by atoms with Gasteiger partial charge in [0.2, 0.25) is 0 Å². The van der Waals surface area contributed by atoms with E-state index in [1.54, 1.807) is 29.5 Å². The summed E-state index contributed by atoms with van der Waals surface area (Å²) < 4.78 is 7.00. The van der Waals surface area contributed by atoms with Crippen molar-refractivity contribution >= 4 is 5.82 Å². The molecule has 0 saturated heterocycles. The minimum absolute atomic E-state index is 0.621. The van der Waals surface area contributed by atoms with Crippen LogP contribution in [0.4, 0.5) is 5.82 Å². The maximum atomic E-state index is 5.36. The summed E-state index contributed by atoms with van der Waals surface area (Å²) in [4.78, 5) is 8.57. The van der Waals surface area contributed by atoms with Gasteiger partial charge in [-0.2, -0.15) is 5.10 Å². The molecule has 0 saturated carbocycles. The Kier molecular flexibility index (Phi) is 4.11. The van der Waals surface area contributed by atoms with Gasteiger partial charge in [0.1, 0.15) is 5.82 Å². The topological polar surface area (TPSA) is 64.9 Å². The second-order valence-corrected chi connectivity index (χ2v) is 3.74. The van der Waals surface area contributed by atoms with Gasteiger partial charge in [-0.25, -0.2) is 9.67 Å². The van der Waals surface area contributed by atoms with Gasteiger partial charge in [-0.3, -0.25) is 4.98 Å². The zero-order chi connectivity index (χ0) is 12.8. The Morgan fingerprint density at radius 2 is 2.17 bits per heavy atom. The molecule has 0 unspecified atom stereocenters. The van der Waals surface area contributed by atoms with Crippen LogP contribution in [0, 0.1) is 0 Å². The molecule has 96 valence electrons. The third-order valence-electron chi connectivity index (χ3n) is 2.28. The second-order valence-electron chi connectivity index (χ2n) is 3.74. The van der Waals surface area contributed by atoms with Gasteiger partial charge in [-0.15, -0.1) is 0 Å². The van der Waals surface area contributed by atoms with E-state index in [1.165, 1.54) is 0 Å². The van der Waals surface area contributed by atoms with Gasteiger partial charge in [0.05, 0.1) is 31.4 Å². The number of ether oxygens (including phenoxy) is 1. The first-order valence-electron chi connectivity index (χ1n) is 6.07. The SMILES string of the molecule is CCCNc1cncc(-n2cc(OCC)cn2)n1. The zero-order valence-electron chi connectivity index (χ0n) is 10.6. The Labute approximate surface area is 106 Å². The van der Waals surface area contributed by atoms with Gasteiger partial charge < -0.3 is 10.1 Å². The van der Waals surface area contributed by atoms with Gasteiger partial charge in [0, 0.05) is 6.54 Å². The van der Waals surface area contributed by atoms with E-state index in [9.17, 15) is 0 Å². The van der Waals surface area contributed by atoms with Crippen molar-refractivity contribution in [1.29, 1.82) is 0 Å². The highest BCUT2D eigenvalue weighted by Gasteiger charge is 2.04. The third kappa shape index (κ3) is 2.97. The molecule has 6 heteroatoms. The normalized spacial score (nSPS) is 10.3. The lowest BCUT2D eigenvalue weighted by molar-refractivity contribution is 0.340. The van der Waals surface area contributed by atoms with Gasteiger partial charge >= 0.3 is 0 Å². The predicted molar refractivity (Wildman–Crippen MR) is 69.1 cm³/mol. The number of hydrogen-bond acceptors (Lipinski definition) is 5. The maximum Gasteiger partial charge on any atom is 0.174 e.